The van der Waals surface area contributed by atoms with E-state index in [1.165, 1.54) is 12.8 Å². The molecule has 136 valence electrons. The van der Waals surface area contributed by atoms with Crippen LogP contribution >= 0.6 is 0 Å². The summed E-state index contributed by atoms with van der Waals surface area (Å²) in [6.07, 6.45) is 5.46. The molecular weight excluding hydrogens is 328 g/mol. The fourth-order valence-corrected chi connectivity index (χ4v) is 4.00. The Morgan fingerprint density at radius 3 is 2.92 bits per heavy atom. The molecule has 2 aliphatic rings. The number of imidazole rings is 1. The Kier molecular flexibility index (Phi) is 4.26. The molecule has 0 saturated heterocycles. The van der Waals surface area contributed by atoms with Gasteiger partial charge in [0.05, 0.1) is 18.2 Å². The summed E-state index contributed by atoms with van der Waals surface area (Å²) < 4.78 is 2.21. The highest BCUT2D eigenvalue weighted by molar-refractivity contribution is 6.00. The molecule has 1 aromatic carbocycles. The smallest absolute Gasteiger partial charge is 0.253 e. The molecule has 6 nitrogen and oxygen atoms in total. The Balaban J connectivity index is 1.54. The van der Waals surface area contributed by atoms with Crippen LogP contribution in [0.3, 0.4) is 0 Å². The molecule has 2 amide bonds. The monoisotopic (exact) mass is 352 g/mol. The van der Waals surface area contributed by atoms with Crippen molar-refractivity contribution in [3.05, 3.63) is 53.1 Å². The molecule has 1 aromatic heterocycles. The molecule has 2 aliphatic heterocycles. The van der Waals surface area contributed by atoms with E-state index in [0.29, 0.717) is 18.7 Å². The van der Waals surface area contributed by atoms with Crippen molar-refractivity contribution in [2.24, 2.45) is 0 Å². The van der Waals surface area contributed by atoms with Crippen molar-refractivity contribution in [1.82, 2.24) is 19.4 Å². The maximum atomic E-state index is 13.1. The van der Waals surface area contributed by atoms with E-state index in [2.05, 4.69) is 10.8 Å². The van der Waals surface area contributed by atoms with Gasteiger partial charge in [0.25, 0.3) is 5.91 Å². The Morgan fingerprint density at radius 2 is 2.12 bits per heavy atom. The summed E-state index contributed by atoms with van der Waals surface area (Å²) in [5, 5.41) is 0. The predicted octanol–water partition coefficient (Wildman–Crippen LogP) is 2.05. The van der Waals surface area contributed by atoms with Crippen molar-refractivity contribution in [3.63, 3.8) is 0 Å². The first-order valence-corrected chi connectivity index (χ1v) is 9.19. The first-order chi connectivity index (χ1) is 12.5. The number of hydrogen-bond acceptors (Lipinski definition) is 3. The average molecular weight is 352 g/mol. The van der Waals surface area contributed by atoms with Crippen LogP contribution < -0.4 is 0 Å². The molecule has 0 fully saturated rings. The van der Waals surface area contributed by atoms with Gasteiger partial charge >= 0.3 is 0 Å². The largest absolute Gasteiger partial charge is 0.341 e. The van der Waals surface area contributed by atoms with Gasteiger partial charge in [-0.05, 0) is 24.5 Å². The molecule has 0 N–H and O–H groups in total. The second-order valence-electron chi connectivity index (χ2n) is 7.32. The third-order valence-corrected chi connectivity index (χ3v) is 5.40. The van der Waals surface area contributed by atoms with Crippen molar-refractivity contribution in [1.29, 1.82) is 0 Å². The number of rotatable bonds is 3. The number of fused-ring (bicyclic) bond motifs is 2. The number of aryl methyl sites for hydroxylation is 2. The van der Waals surface area contributed by atoms with E-state index in [1.54, 1.807) is 22.9 Å². The summed E-state index contributed by atoms with van der Waals surface area (Å²) >= 11 is 0. The first kappa shape index (κ1) is 16.8. The molecule has 6 heteroatoms. The Labute approximate surface area is 153 Å². The van der Waals surface area contributed by atoms with Gasteiger partial charge in [-0.2, -0.15) is 0 Å². The van der Waals surface area contributed by atoms with Crippen LogP contribution in [0.2, 0.25) is 0 Å². The number of aromatic nitrogens is 2. The molecule has 0 radical (unpaired) electrons. The van der Waals surface area contributed by atoms with Crippen LogP contribution in [0.1, 0.15) is 46.2 Å². The summed E-state index contributed by atoms with van der Waals surface area (Å²) in [5.41, 5.74) is 2.40. The fourth-order valence-electron chi connectivity index (χ4n) is 4.00. The molecule has 0 aliphatic carbocycles. The van der Waals surface area contributed by atoms with Gasteiger partial charge in [0.1, 0.15) is 5.82 Å². The van der Waals surface area contributed by atoms with E-state index in [9.17, 15) is 9.59 Å². The van der Waals surface area contributed by atoms with E-state index in [-0.39, 0.29) is 17.7 Å². The number of likely N-dealkylation sites (N-methyl/N-ethyl adjacent to an activating group) is 2. The highest BCUT2D eigenvalue weighted by atomic mass is 16.2. The van der Waals surface area contributed by atoms with Gasteiger partial charge in [0.2, 0.25) is 5.91 Å². The zero-order chi connectivity index (χ0) is 18.3. The van der Waals surface area contributed by atoms with Crippen molar-refractivity contribution in [2.45, 2.75) is 38.3 Å². The van der Waals surface area contributed by atoms with Crippen molar-refractivity contribution >= 4 is 11.8 Å². The molecule has 2 aromatic rings. The van der Waals surface area contributed by atoms with Gasteiger partial charge < -0.3 is 14.4 Å². The quantitative estimate of drug-likeness (QED) is 0.849. The zero-order valence-corrected chi connectivity index (χ0v) is 15.3. The minimum Gasteiger partial charge on any atom is -0.341 e. The maximum Gasteiger partial charge on any atom is 0.253 e. The molecular formula is C20H24N4O2. The summed E-state index contributed by atoms with van der Waals surface area (Å²) in [4.78, 5) is 33.5. The lowest BCUT2D eigenvalue weighted by Gasteiger charge is -2.33. The minimum absolute atomic E-state index is 0.0194. The Hall–Kier alpha value is -2.63. The third-order valence-electron chi connectivity index (χ3n) is 5.40. The van der Waals surface area contributed by atoms with Crippen LogP contribution in [0, 0.1) is 0 Å². The minimum atomic E-state index is -0.323. The van der Waals surface area contributed by atoms with Gasteiger partial charge in [-0.25, -0.2) is 4.98 Å². The number of carbonyl (C=O) groups excluding carboxylic acids is 2. The molecule has 0 spiro atoms. The number of amides is 2. The van der Waals surface area contributed by atoms with Crippen LogP contribution in [0.4, 0.5) is 0 Å². The number of hydrogen-bond donors (Lipinski definition) is 0. The number of nitrogens with zero attached hydrogens (tertiary/aromatic N) is 4. The predicted molar refractivity (Wildman–Crippen MR) is 97.8 cm³/mol. The van der Waals surface area contributed by atoms with Crippen LogP contribution in [0.25, 0.3) is 0 Å². The molecule has 0 bridgehead atoms. The lowest BCUT2D eigenvalue weighted by atomic mass is 9.88. The first-order valence-electron chi connectivity index (χ1n) is 9.19. The van der Waals surface area contributed by atoms with Gasteiger partial charge in [-0.15, -0.1) is 0 Å². The molecule has 4 rings (SSSR count). The Bertz CT molecular complexity index is 834. The van der Waals surface area contributed by atoms with Gasteiger partial charge in [-0.3, -0.25) is 9.59 Å². The van der Waals surface area contributed by atoms with E-state index in [4.69, 9.17) is 4.98 Å². The third kappa shape index (κ3) is 2.89. The zero-order valence-electron chi connectivity index (χ0n) is 15.3. The molecule has 26 heavy (non-hydrogen) atoms. The van der Waals surface area contributed by atoms with Crippen LogP contribution in [-0.2, 0) is 24.3 Å². The normalized spacial score (nSPS) is 19.1. The molecule has 0 saturated carbocycles. The summed E-state index contributed by atoms with van der Waals surface area (Å²) in [7, 11) is 3.57. The van der Waals surface area contributed by atoms with E-state index in [1.807, 2.05) is 25.2 Å². The summed E-state index contributed by atoms with van der Waals surface area (Å²) in [6.45, 7) is 1.93. The van der Waals surface area contributed by atoms with Crippen molar-refractivity contribution in [3.8, 4) is 0 Å². The van der Waals surface area contributed by atoms with Crippen LogP contribution in [0.15, 0.2) is 30.5 Å². The second-order valence-corrected chi connectivity index (χ2v) is 7.32. The van der Waals surface area contributed by atoms with Gasteiger partial charge in [-0.1, -0.05) is 18.2 Å². The summed E-state index contributed by atoms with van der Waals surface area (Å²) in [5.74, 6) is 0.813. The fraction of sp³-hybridized carbons (Fsp3) is 0.450. The lowest BCUT2D eigenvalue weighted by molar-refractivity contribution is -0.132. The van der Waals surface area contributed by atoms with Gasteiger partial charge in [0.15, 0.2) is 0 Å². The SMILES string of the molecule is CN1CC(C(=O)N(C)Cc2cn3c(n2)CCCC3)c2ccccc2C1=O. The highest BCUT2D eigenvalue weighted by Crippen LogP contribution is 2.29. The Morgan fingerprint density at radius 1 is 1.31 bits per heavy atom. The average Bonchev–Trinajstić information content (AvgIpc) is 3.06. The van der Waals surface area contributed by atoms with Gasteiger partial charge in [0, 0.05) is 45.4 Å². The number of carbonyl (C=O) groups is 2. The topological polar surface area (TPSA) is 58.4 Å². The van der Waals surface area contributed by atoms with E-state index >= 15 is 0 Å². The van der Waals surface area contributed by atoms with E-state index < -0.39 is 0 Å². The van der Waals surface area contributed by atoms with Crippen molar-refractivity contribution < 1.29 is 9.59 Å². The maximum absolute atomic E-state index is 13.1. The number of benzene rings is 1. The van der Waals surface area contributed by atoms with Crippen LogP contribution in [-0.4, -0.2) is 51.8 Å². The molecule has 1 atom stereocenters. The summed E-state index contributed by atoms with van der Waals surface area (Å²) in [6, 6.07) is 7.43. The lowest BCUT2D eigenvalue weighted by Crippen LogP contribution is -2.43. The van der Waals surface area contributed by atoms with Crippen LogP contribution in [0.5, 0.6) is 0 Å². The van der Waals surface area contributed by atoms with E-state index in [0.717, 1.165) is 30.0 Å². The standard InChI is InChI=1S/C20H24N4O2/c1-22(11-14-12-24-10-6-5-9-18(24)21-14)20(26)17-13-23(2)19(25)16-8-4-3-7-15(16)17/h3-4,7-8,12,17H,5-6,9-11,13H2,1-2H3. The highest BCUT2D eigenvalue weighted by Gasteiger charge is 2.34. The molecule has 1 unspecified atom stereocenters. The molecule has 3 heterocycles. The second kappa shape index (κ2) is 6.59. The van der Waals surface area contributed by atoms with Crippen molar-refractivity contribution in [2.75, 3.05) is 20.6 Å².